The van der Waals surface area contributed by atoms with E-state index in [0.717, 1.165) is 17.7 Å². The van der Waals surface area contributed by atoms with Crippen molar-refractivity contribution in [3.63, 3.8) is 0 Å². The van der Waals surface area contributed by atoms with E-state index >= 15 is 0 Å². The normalized spacial score (nSPS) is 18.1. The molecule has 4 heteroatoms. The predicted molar refractivity (Wildman–Crippen MR) is 57.8 cm³/mol. The van der Waals surface area contributed by atoms with Gasteiger partial charge in [-0.15, -0.1) is 0 Å². The van der Waals surface area contributed by atoms with Gasteiger partial charge in [-0.05, 0) is 19.1 Å². The van der Waals surface area contributed by atoms with E-state index in [1.165, 1.54) is 0 Å². The molecular formula is C11H14N2O2. The lowest BCUT2D eigenvalue weighted by Crippen LogP contribution is -2.12. The average Bonchev–Trinajstić information content (AvgIpc) is 2.54. The molecule has 2 rings (SSSR count). The van der Waals surface area contributed by atoms with E-state index in [-0.39, 0.29) is 11.9 Å². The van der Waals surface area contributed by atoms with Crippen LogP contribution in [0.15, 0.2) is 12.1 Å². The maximum Gasteiger partial charge on any atom is 0.130 e. The Hall–Kier alpha value is -1.71. The zero-order valence-electron chi connectivity index (χ0n) is 8.83. The van der Waals surface area contributed by atoms with E-state index in [4.69, 9.17) is 20.6 Å². The molecule has 0 radical (unpaired) electrons. The van der Waals surface area contributed by atoms with Crippen molar-refractivity contribution in [1.82, 2.24) is 0 Å². The predicted octanol–water partition coefficient (Wildman–Crippen LogP) is 1.30. The van der Waals surface area contributed by atoms with Gasteiger partial charge in [0.2, 0.25) is 0 Å². The zero-order chi connectivity index (χ0) is 11.0. The number of fused-ring (bicyclic) bond motifs is 1. The van der Waals surface area contributed by atoms with Crippen molar-refractivity contribution in [2.75, 3.05) is 7.11 Å². The third kappa shape index (κ3) is 1.63. The maximum absolute atomic E-state index is 7.43. The number of ether oxygens (including phenoxy) is 2. The first kappa shape index (κ1) is 9.83. The van der Waals surface area contributed by atoms with Crippen LogP contribution in [0, 0.1) is 5.41 Å². The summed E-state index contributed by atoms with van der Waals surface area (Å²) in [6.45, 7) is 2.01. The van der Waals surface area contributed by atoms with Gasteiger partial charge >= 0.3 is 0 Å². The number of methoxy groups -OCH3 is 1. The molecule has 0 spiro atoms. The quantitative estimate of drug-likeness (QED) is 0.566. The second-order valence-electron chi connectivity index (χ2n) is 3.71. The number of nitrogens with two attached hydrogens (primary N) is 1. The molecule has 0 bridgehead atoms. The Morgan fingerprint density at radius 2 is 2.33 bits per heavy atom. The summed E-state index contributed by atoms with van der Waals surface area (Å²) in [5.74, 6) is 1.45. The minimum atomic E-state index is -0.00203. The fraction of sp³-hybridized carbons (Fsp3) is 0.364. The number of nitrogens with one attached hydrogen (secondary N) is 1. The number of benzene rings is 1. The molecule has 1 aliphatic rings. The second-order valence-corrected chi connectivity index (χ2v) is 3.71. The first-order valence-electron chi connectivity index (χ1n) is 4.83. The fourth-order valence-electron chi connectivity index (χ4n) is 1.82. The Morgan fingerprint density at radius 1 is 1.60 bits per heavy atom. The van der Waals surface area contributed by atoms with Crippen LogP contribution in [0.1, 0.15) is 18.1 Å². The molecule has 0 amide bonds. The van der Waals surface area contributed by atoms with Crippen LogP contribution in [0.25, 0.3) is 0 Å². The third-order valence-corrected chi connectivity index (χ3v) is 2.51. The van der Waals surface area contributed by atoms with Crippen LogP contribution in [0.2, 0.25) is 0 Å². The van der Waals surface area contributed by atoms with E-state index < -0.39 is 0 Å². The minimum Gasteiger partial charge on any atom is -0.496 e. The smallest absolute Gasteiger partial charge is 0.130 e. The van der Waals surface area contributed by atoms with Crippen molar-refractivity contribution >= 4 is 5.84 Å². The number of hydrogen-bond acceptors (Lipinski definition) is 3. The number of hydrogen-bond donors (Lipinski definition) is 2. The van der Waals surface area contributed by atoms with E-state index in [1.807, 2.05) is 13.0 Å². The number of nitrogen functional groups attached to an aromatic ring is 1. The van der Waals surface area contributed by atoms with Crippen molar-refractivity contribution in [2.24, 2.45) is 5.73 Å². The molecule has 1 heterocycles. The summed E-state index contributed by atoms with van der Waals surface area (Å²) < 4.78 is 10.8. The molecule has 1 aromatic carbocycles. The molecule has 80 valence electrons. The van der Waals surface area contributed by atoms with Gasteiger partial charge in [-0.1, -0.05) is 0 Å². The van der Waals surface area contributed by atoms with Crippen LogP contribution < -0.4 is 15.2 Å². The molecule has 0 aromatic heterocycles. The Kier molecular flexibility index (Phi) is 2.26. The van der Waals surface area contributed by atoms with Gasteiger partial charge in [0.25, 0.3) is 0 Å². The lowest BCUT2D eigenvalue weighted by Gasteiger charge is -2.09. The summed E-state index contributed by atoms with van der Waals surface area (Å²) in [7, 11) is 1.58. The first-order chi connectivity index (χ1) is 7.11. The largest absolute Gasteiger partial charge is 0.496 e. The van der Waals surface area contributed by atoms with E-state index in [2.05, 4.69) is 0 Å². The third-order valence-electron chi connectivity index (χ3n) is 2.51. The van der Waals surface area contributed by atoms with Crippen LogP contribution in [0.4, 0.5) is 0 Å². The number of amidine groups is 1. The molecular weight excluding hydrogens is 192 g/mol. The van der Waals surface area contributed by atoms with Crippen molar-refractivity contribution in [3.05, 3.63) is 23.3 Å². The zero-order valence-corrected chi connectivity index (χ0v) is 8.83. The Labute approximate surface area is 88.5 Å². The Morgan fingerprint density at radius 3 is 2.93 bits per heavy atom. The highest BCUT2D eigenvalue weighted by atomic mass is 16.5. The van der Waals surface area contributed by atoms with Crippen molar-refractivity contribution in [2.45, 2.75) is 19.4 Å². The average molecular weight is 206 g/mol. The van der Waals surface area contributed by atoms with Crippen LogP contribution in [-0.2, 0) is 6.42 Å². The molecule has 1 unspecified atom stereocenters. The second kappa shape index (κ2) is 3.46. The molecule has 0 fully saturated rings. The Bertz CT molecular complexity index is 415. The minimum absolute atomic E-state index is 0.00203. The lowest BCUT2D eigenvalue weighted by atomic mass is 10.1. The van der Waals surface area contributed by atoms with Gasteiger partial charge in [-0.25, -0.2) is 0 Å². The van der Waals surface area contributed by atoms with Crippen LogP contribution >= 0.6 is 0 Å². The van der Waals surface area contributed by atoms with E-state index in [9.17, 15) is 0 Å². The highest BCUT2D eigenvalue weighted by Gasteiger charge is 2.22. The van der Waals surface area contributed by atoms with E-state index in [0.29, 0.717) is 11.3 Å². The number of rotatable bonds is 2. The van der Waals surface area contributed by atoms with Crippen molar-refractivity contribution in [3.8, 4) is 11.5 Å². The molecule has 0 saturated heterocycles. The van der Waals surface area contributed by atoms with Crippen molar-refractivity contribution < 1.29 is 9.47 Å². The molecule has 1 aromatic rings. The summed E-state index contributed by atoms with van der Waals surface area (Å²) in [6, 6.07) is 3.68. The summed E-state index contributed by atoms with van der Waals surface area (Å²) in [6.07, 6.45) is 1.07. The molecule has 3 N–H and O–H groups in total. The highest BCUT2D eigenvalue weighted by Crippen LogP contribution is 2.34. The van der Waals surface area contributed by atoms with Gasteiger partial charge < -0.3 is 15.2 Å². The molecule has 1 aliphatic heterocycles. The molecule has 15 heavy (non-hydrogen) atoms. The summed E-state index contributed by atoms with van der Waals surface area (Å²) >= 11 is 0. The molecule has 0 saturated carbocycles. The summed E-state index contributed by atoms with van der Waals surface area (Å²) in [4.78, 5) is 0. The van der Waals surface area contributed by atoms with Gasteiger partial charge in [0.1, 0.15) is 23.4 Å². The van der Waals surface area contributed by atoms with Gasteiger partial charge in [0, 0.05) is 12.0 Å². The topological polar surface area (TPSA) is 68.3 Å². The summed E-state index contributed by atoms with van der Waals surface area (Å²) in [5.41, 5.74) is 7.17. The maximum atomic E-state index is 7.43. The SMILES string of the molecule is COc1cc2c(cc1C(=N)N)OC(C)C2. The highest BCUT2D eigenvalue weighted by molar-refractivity contribution is 5.98. The van der Waals surface area contributed by atoms with E-state index in [1.54, 1.807) is 13.2 Å². The van der Waals surface area contributed by atoms with Crippen LogP contribution in [-0.4, -0.2) is 19.0 Å². The van der Waals surface area contributed by atoms with Crippen LogP contribution in [0.5, 0.6) is 11.5 Å². The van der Waals surface area contributed by atoms with Gasteiger partial charge in [-0.3, -0.25) is 5.41 Å². The lowest BCUT2D eigenvalue weighted by molar-refractivity contribution is 0.254. The monoisotopic (exact) mass is 206 g/mol. The van der Waals surface area contributed by atoms with Crippen molar-refractivity contribution in [1.29, 1.82) is 5.41 Å². The Balaban J connectivity index is 2.50. The summed E-state index contributed by atoms with van der Waals surface area (Å²) in [5, 5.41) is 7.43. The standard InChI is InChI=1S/C11H14N2O2/c1-6-3-7-4-10(14-2)8(11(12)13)5-9(7)15-6/h4-6H,3H2,1-2H3,(H3,12,13). The van der Waals surface area contributed by atoms with Crippen LogP contribution in [0.3, 0.4) is 0 Å². The van der Waals surface area contributed by atoms with Gasteiger partial charge in [0.15, 0.2) is 0 Å². The first-order valence-corrected chi connectivity index (χ1v) is 4.83. The van der Waals surface area contributed by atoms with Gasteiger partial charge in [0.05, 0.1) is 12.7 Å². The molecule has 0 aliphatic carbocycles. The van der Waals surface area contributed by atoms with Gasteiger partial charge in [-0.2, -0.15) is 0 Å². The fourth-order valence-corrected chi connectivity index (χ4v) is 1.82. The molecule has 4 nitrogen and oxygen atoms in total. The molecule has 1 atom stereocenters.